The standard InChI is InChI=1S/C15H19N3O2S/c1-3-14(16)12-5-4-6-13(9-12)21(19,20)18-15-10-17-8-7-11(15)2/h4-10,14,18H,3,16H2,1-2H3. The SMILES string of the molecule is CCC(N)c1cccc(S(=O)(=O)Nc2cnccc2C)c1. The predicted molar refractivity (Wildman–Crippen MR) is 83.4 cm³/mol. The Labute approximate surface area is 125 Å². The minimum Gasteiger partial charge on any atom is -0.324 e. The van der Waals surface area contributed by atoms with E-state index < -0.39 is 10.0 Å². The van der Waals surface area contributed by atoms with Crippen LogP contribution in [-0.4, -0.2) is 13.4 Å². The van der Waals surface area contributed by atoms with E-state index in [1.807, 2.05) is 19.9 Å². The number of hydrogen-bond acceptors (Lipinski definition) is 4. The number of benzene rings is 1. The highest BCUT2D eigenvalue weighted by atomic mass is 32.2. The first-order valence-corrected chi connectivity index (χ1v) is 8.21. The van der Waals surface area contributed by atoms with Gasteiger partial charge in [0.2, 0.25) is 0 Å². The Kier molecular flexibility index (Phi) is 4.59. The molecular weight excluding hydrogens is 286 g/mol. The molecule has 2 rings (SSSR count). The van der Waals surface area contributed by atoms with Crippen LogP contribution >= 0.6 is 0 Å². The molecule has 0 aliphatic carbocycles. The Morgan fingerprint density at radius 1 is 1.33 bits per heavy atom. The van der Waals surface area contributed by atoms with Crippen LogP contribution in [0, 0.1) is 6.92 Å². The summed E-state index contributed by atoms with van der Waals surface area (Å²) >= 11 is 0. The molecule has 1 heterocycles. The van der Waals surface area contributed by atoms with Crippen LogP contribution in [0.4, 0.5) is 5.69 Å². The van der Waals surface area contributed by atoms with Crippen molar-refractivity contribution in [1.82, 2.24) is 4.98 Å². The van der Waals surface area contributed by atoms with Gasteiger partial charge >= 0.3 is 0 Å². The van der Waals surface area contributed by atoms with Gasteiger partial charge in [-0.3, -0.25) is 9.71 Å². The van der Waals surface area contributed by atoms with E-state index in [2.05, 4.69) is 9.71 Å². The van der Waals surface area contributed by atoms with Crippen LogP contribution in [0.5, 0.6) is 0 Å². The van der Waals surface area contributed by atoms with Crippen LogP contribution in [0.25, 0.3) is 0 Å². The van der Waals surface area contributed by atoms with E-state index in [-0.39, 0.29) is 10.9 Å². The Bertz CT molecular complexity index is 729. The van der Waals surface area contributed by atoms with E-state index >= 15 is 0 Å². The van der Waals surface area contributed by atoms with Crippen molar-refractivity contribution in [2.24, 2.45) is 5.73 Å². The average Bonchev–Trinajstić information content (AvgIpc) is 2.49. The molecule has 0 saturated carbocycles. The highest BCUT2D eigenvalue weighted by Gasteiger charge is 2.16. The second kappa shape index (κ2) is 6.24. The molecule has 0 bridgehead atoms. The Morgan fingerprint density at radius 3 is 2.76 bits per heavy atom. The minimum atomic E-state index is -3.65. The summed E-state index contributed by atoms with van der Waals surface area (Å²) in [5.41, 5.74) is 8.06. The second-order valence-electron chi connectivity index (χ2n) is 4.88. The van der Waals surface area contributed by atoms with Crippen molar-refractivity contribution in [2.75, 3.05) is 4.72 Å². The maximum Gasteiger partial charge on any atom is 0.261 e. The molecule has 0 radical (unpaired) electrons. The van der Waals surface area contributed by atoms with Gasteiger partial charge in [-0.15, -0.1) is 0 Å². The van der Waals surface area contributed by atoms with Gasteiger partial charge in [0.05, 0.1) is 16.8 Å². The lowest BCUT2D eigenvalue weighted by Gasteiger charge is -2.13. The van der Waals surface area contributed by atoms with Gasteiger partial charge < -0.3 is 5.73 Å². The Hall–Kier alpha value is -1.92. The number of anilines is 1. The van der Waals surface area contributed by atoms with Gasteiger partial charge in [-0.05, 0) is 42.7 Å². The number of nitrogens with one attached hydrogen (secondary N) is 1. The lowest BCUT2D eigenvalue weighted by Crippen LogP contribution is -2.15. The van der Waals surface area contributed by atoms with Crippen molar-refractivity contribution >= 4 is 15.7 Å². The van der Waals surface area contributed by atoms with Crippen LogP contribution in [0.1, 0.15) is 30.5 Å². The fourth-order valence-electron chi connectivity index (χ4n) is 1.92. The Morgan fingerprint density at radius 2 is 2.10 bits per heavy atom. The fraction of sp³-hybridized carbons (Fsp3) is 0.267. The number of rotatable bonds is 5. The summed E-state index contributed by atoms with van der Waals surface area (Å²) in [4.78, 5) is 4.14. The Balaban J connectivity index is 2.34. The van der Waals surface area contributed by atoms with Gasteiger partial charge in [0.15, 0.2) is 0 Å². The first kappa shape index (κ1) is 15.5. The number of aromatic nitrogens is 1. The summed E-state index contributed by atoms with van der Waals surface area (Å²) in [6.45, 7) is 3.78. The summed E-state index contributed by atoms with van der Waals surface area (Å²) in [6, 6.07) is 8.29. The summed E-state index contributed by atoms with van der Waals surface area (Å²) in [6.07, 6.45) is 3.86. The molecule has 0 amide bonds. The van der Waals surface area contributed by atoms with Gasteiger partial charge in [0.25, 0.3) is 10.0 Å². The molecule has 1 aromatic carbocycles. The van der Waals surface area contributed by atoms with E-state index in [9.17, 15) is 8.42 Å². The first-order chi connectivity index (χ1) is 9.94. The monoisotopic (exact) mass is 305 g/mol. The molecule has 0 saturated heterocycles. The zero-order chi connectivity index (χ0) is 15.5. The van der Waals surface area contributed by atoms with Crippen molar-refractivity contribution < 1.29 is 8.42 Å². The molecule has 1 aromatic heterocycles. The molecule has 0 spiro atoms. The molecule has 6 heteroatoms. The number of nitrogens with two attached hydrogens (primary N) is 1. The zero-order valence-corrected chi connectivity index (χ0v) is 12.9. The third-order valence-electron chi connectivity index (χ3n) is 3.32. The van der Waals surface area contributed by atoms with E-state index in [4.69, 9.17) is 5.73 Å². The lowest BCUT2D eigenvalue weighted by molar-refractivity contribution is 0.600. The maximum absolute atomic E-state index is 12.4. The maximum atomic E-state index is 12.4. The van der Waals surface area contributed by atoms with E-state index in [0.717, 1.165) is 17.5 Å². The van der Waals surface area contributed by atoms with E-state index in [0.29, 0.717) is 5.69 Å². The zero-order valence-electron chi connectivity index (χ0n) is 12.1. The molecule has 3 N–H and O–H groups in total. The molecule has 0 aliphatic heterocycles. The van der Waals surface area contributed by atoms with Gasteiger partial charge in [-0.1, -0.05) is 19.1 Å². The third kappa shape index (κ3) is 3.59. The van der Waals surface area contributed by atoms with Gasteiger partial charge in [0.1, 0.15) is 0 Å². The number of sulfonamides is 1. The smallest absolute Gasteiger partial charge is 0.261 e. The normalized spacial score (nSPS) is 12.9. The van der Waals surface area contributed by atoms with Crippen LogP contribution in [-0.2, 0) is 10.0 Å². The highest BCUT2D eigenvalue weighted by Crippen LogP contribution is 2.21. The molecule has 1 atom stereocenters. The van der Waals surface area contributed by atoms with Gasteiger partial charge in [-0.2, -0.15) is 0 Å². The predicted octanol–water partition coefficient (Wildman–Crippen LogP) is 2.60. The molecular formula is C15H19N3O2S. The summed E-state index contributed by atoms with van der Waals surface area (Å²) < 4.78 is 27.4. The van der Waals surface area contributed by atoms with Crippen molar-refractivity contribution in [3.05, 3.63) is 53.9 Å². The number of aryl methyl sites for hydroxylation is 1. The number of pyridine rings is 1. The third-order valence-corrected chi connectivity index (χ3v) is 4.68. The second-order valence-corrected chi connectivity index (χ2v) is 6.57. The topological polar surface area (TPSA) is 85.1 Å². The van der Waals surface area contributed by atoms with Crippen molar-refractivity contribution in [1.29, 1.82) is 0 Å². The van der Waals surface area contributed by atoms with Crippen molar-refractivity contribution in [3.63, 3.8) is 0 Å². The summed E-state index contributed by atoms with van der Waals surface area (Å²) in [5, 5.41) is 0. The largest absolute Gasteiger partial charge is 0.324 e. The number of nitrogens with zero attached hydrogens (tertiary/aromatic N) is 1. The molecule has 21 heavy (non-hydrogen) atoms. The van der Waals surface area contributed by atoms with Crippen molar-refractivity contribution in [2.45, 2.75) is 31.2 Å². The minimum absolute atomic E-state index is 0.166. The molecule has 2 aromatic rings. The average molecular weight is 305 g/mol. The summed E-state index contributed by atoms with van der Waals surface area (Å²) in [5.74, 6) is 0. The van der Waals surface area contributed by atoms with Gasteiger partial charge in [0, 0.05) is 12.2 Å². The fourth-order valence-corrected chi connectivity index (χ4v) is 3.09. The van der Waals surface area contributed by atoms with E-state index in [1.165, 1.54) is 6.20 Å². The number of hydrogen-bond donors (Lipinski definition) is 2. The molecule has 1 unspecified atom stereocenters. The van der Waals surface area contributed by atoms with Gasteiger partial charge in [-0.25, -0.2) is 8.42 Å². The van der Waals surface area contributed by atoms with Crippen LogP contribution in [0.2, 0.25) is 0 Å². The van der Waals surface area contributed by atoms with Crippen LogP contribution in [0.15, 0.2) is 47.6 Å². The van der Waals surface area contributed by atoms with Crippen LogP contribution in [0.3, 0.4) is 0 Å². The first-order valence-electron chi connectivity index (χ1n) is 6.73. The van der Waals surface area contributed by atoms with E-state index in [1.54, 1.807) is 30.5 Å². The molecule has 112 valence electrons. The molecule has 5 nitrogen and oxygen atoms in total. The highest BCUT2D eigenvalue weighted by molar-refractivity contribution is 7.92. The van der Waals surface area contributed by atoms with Crippen molar-refractivity contribution in [3.8, 4) is 0 Å². The molecule has 0 aliphatic rings. The molecule has 0 fully saturated rings. The lowest BCUT2D eigenvalue weighted by atomic mass is 10.1. The summed E-state index contributed by atoms with van der Waals surface area (Å²) in [7, 11) is -3.65. The van der Waals surface area contributed by atoms with Crippen LogP contribution < -0.4 is 10.5 Å². The quantitative estimate of drug-likeness (QED) is 0.889.